The van der Waals surface area contributed by atoms with Crippen molar-refractivity contribution in [2.75, 3.05) is 0 Å². The summed E-state index contributed by atoms with van der Waals surface area (Å²) in [5, 5.41) is 0. The van der Waals surface area contributed by atoms with Crippen LogP contribution in [0.5, 0.6) is 0 Å². The largest absolute Gasteiger partial charge is 0.0776 e. The highest BCUT2D eigenvalue weighted by molar-refractivity contribution is 4.44. The van der Waals surface area contributed by atoms with Gasteiger partial charge >= 0.3 is 0 Å². The van der Waals surface area contributed by atoms with Gasteiger partial charge in [0.05, 0.1) is 0 Å². The first kappa shape index (κ1) is 29.8. The fourth-order valence-electron chi connectivity index (χ4n) is 0.803. The van der Waals surface area contributed by atoms with Crippen molar-refractivity contribution in [1.29, 1.82) is 0 Å². The molecule has 0 aromatic rings. The monoisotopic (exact) mass is 234 g/mol. The Bertz CT molecular complexity index is 46.0. The molecule has 0 fully saturated rings. The van der Waals surface area contributed by atoms with Crippen LogP contribution in [-0.2, 0) is 0 Å². The fourth-order valence-corrected chi connectivity index (χ4v) is 0.803. The van der Waals surface area contributed by atoms with E-state index in [0.717, 1.165) is 5.92 Å². The molecule has 0 aromatic carbocycles. The highest BCUT2D eigenvalue weighted by Crippen LogP contribution is 2.06. The molecule has 0 aliphatic heterocycles. The van der Waals surface area contributed by atoms with E-state index in [4.69, 9.17) is 0 Å². The van der Waals surface area contributed by atoms with Crippen LogP contribution in [0.25, 0.3) is 0 Å². The van der Waals surface area contributed by atoms with E-state index in [0.29, 0.717) is 0 Å². The van der Waals surface area contributed by atoms with Crippen LogP contribution in [0, 0.1) is 5.92 Å². The summed E-state index contributed by atoms with van der Waals surface area (Å²) >= 11 is 0. The summed E-state index contributed by atoms with van der Waals surface area (Å²) in [7, 11) is 0. The predicted molar refractivity (Wildman–Crippen MR) is 84.4 cm³/mol. The van der Waals surface area contributed by atoms with Crippen LogP contribution in [0.1, 0.15) is 102 Å². The lowest BCUT2D eigenvalue weighted by Gasteiger charge is -2.00. The number of hydrogen-bond acceptors (Lipinski definition) is 0. The first-order valence-corrected chi connectivity index (χ1v) is 7.18. The molecule has 0 amide bonds. The minimum atomic E-state index is 0. The van der Waals surface area contributed by atoms with Gasteiger partial charge in [-0.3, -0.25) is 0 Å². The molecule has 0 rings (SSSR count). The highest BCUT2D eigenvalue weighted by atomic mass is 14.0. The Balaban J connectivity index is -0.0000000430. The van der Waals surface area contributed by atoms with Gasteiger partial charge in [0, 0.05) is 0 Å². The third kappa shape index (κ3) is 94.6. The number of unbranched alkanes of at least 4 members (excludes halogenated alkanes) is 2. The van der Waals surface area contributed by atoms with Gasteiger partial charge in [-0.2, -0.15) is 0 Å². The highest BCUT2D eigenvalue weighted by Gasteiger charge is 1.90. The maximum absolute atomic E-state index is 2.29. The lowest BCUT2D eigenvalue weighted by atomic mass is 10.1. The van der Waals surface area contributed by atoms with E-state index in [1.807, 2.05) is 27.7 Å². The van der Waals surface area contributed by atoms with E-state index < -0.39 is 0 Å². The van der Waals surface area contributed by atoms with Crippen LogP contribution in [0.3, 0.4) is 0 Å². The molecule has 0 aliphatic carbocycles. The Morgan fingerprint density at radius 2 is 1.06 bits per heavy atom. The van der Waals surface area contributed by atoms with Crippen LogP contribution in [0.2, 0.25) is 0 Å². The van der Waals surface area contributed by atoms with Gasteiger partial charge < -0.3 is 0 Å². The lowest BCUT2D eigenvalue weighted by Crippen LogP contribution is -1.85. The number of hydrogen-bond donors (Lipinski definition) is 0. The molecule has 0 aromatic heterocycles. The molecule has 0 N–H and O–H groups in total. The van der Waals surface area contributed by atoms with Crippen LogP contribution < -0.4 is 0 Å². The van der Waals surface area contributed by atoms with Gasteiger partial charge in [-0.05, 0) is 5.92 Å². The molecule has 106 valence electrons. The molecule has 16 heavy (non-hydrogen) atoms. The second-order valence-corrected chi connectivity index (χ2v) is 3.60. The Hall–Kier alpha value is 0. The van der Waals surface area contributed by atoms with E-state index in [1.54, 1.807) is 0 Å². The molecule has 0 heterocycles. The Morgan fingerprint density at radius 3 is 1.25 bits per heavy atom. The summed E-state index contributed by atoms with van der Waals surface area (Å²) in [6.07, 6.45) is 6.85. The van der Waals surface area contributed by atoms with Crippen LogP contribution in [-0.4, -0.2) is 0 Å². The van der Waals surface area contributed by atoms with E-state index in [-0.39, 0.29) is 7.43 Å². The van der Waals surface area contributed by atoms with E-state index in [2.05, 4.69) is 34.6 Å². The molecular weight excluding hydrogens is 192 g/mol. The molecule has 0 atom stereocenters. The quantitative estimate of drug-likeness (QED) is 0.447. The molecule has 0 unspecified atom stereocenters. The number of rotatable bonds is 4. The van der Waals surface area contributed by atoms with Crippen molar-refractivity contribution in [1.82, 2.24) is 0 Å². The minimum absolute atomic E-state index is 0. The maximum atomic E-state index is 2.29. The summed E-state index contributed by atoms with van der Waals surface area (Å²) in [4.78, 5) is 0. The van der Waals surface area contributed by atoms with E-state index in [9.17, 15) is 0 Å². The van der Waals surface area contributed by atoms with Crippen LogP contribution in [0.15, 0.2) is 0 Å². The van der Waals surface area contributed by atoms with Crippen molar-refractivity contribution < 1.29 is 0 Å². The molecule has 0 spiro atoms. The van der Waals surface area contributed by atoms with Crippen molar-refractivity contribution in [3.8, 4) is 0 Å². The predicted octanol–water partition coefficient (Wildman–Crippen LogP) is 7.33. The summed E-state index contributed by atoms with van der Waals surface area (Å²) < 4.78 is 0. The summed E-state index contributed by atoms with van der Waals surface area (Å²) in [6.45, 7) is 19.1. The van der Waals surface area contributed by atoms with Crippen molar-refractivity contribution in [3.05, 3.63) is 0 Å². The zero-order valence-electron chi connectivity index (χ0n) is 13.1. The first-order valence-electron chi connectivity index (χ1n) is 7.18. The van der Waals surface area contributed by atoms with Crippen molar-refractivity contribution in [3.63, 3.8) is 0 Å². The average Bonchev–Trinajstić information content (AvgIpc) is 2.25. The van der Waals surface area contributed by atoms with E-state index >= 15 is 0 Å². The lowest BCUT2D eigenvalue weighted by molar-refractivity contribution is 0.534. The molecule has 0 saturated carbocycles. The average molecular weight is 235 g/mol. The molecule has 0 aliphatic rings. The molecule has 0 saturated heterocycles. The van der Waals surface area contributed by atoms with Gasteiger partial charge in [0.25, 0.3) is 0 Å². The van der Waals surface area contributed by atoms with Crippen molar-refractivity contribution in [2.45, 2.75) is 102 Å². The normalized spacial score (nSPS) is 7.12. The zero-order valence-corrected chi connectivity index (χ0v) is 13.1. The molecule has 0 bridgehead atoms. The van der Waals surface area contributed by atoms with Crippen LogP contribution >= 0.6 is 0 Å². The van der Waals surface area contributed by atoms with Gasteiger partial charge in [-0.15, -0.1) is 0 Å². The van der Waals surface area contributed by atoms with Crippen molar-refractivity contribution in [2.24, 2.45) is 5.92 Å². The maximum Gasteiger partial charge on any atom is -0.0471 e. The molecule has 0 heteroatoms. The van der Waals surface area contributed by atoms with Gasteiger partial charge in [-0.1, -0.05) is 102 Å². The Morgan fingerprint density at radius 1 is 0.750 bits per heavy atom. The standard InChI is InChI=1S/C8H18.C3H8.2C2H6.CH4/c1-4-5-6-7-8(2)3;1-3-2;2*1-2;/h8H,4-7H2,1-3H3;3H2,1-2H3;2*1-2H3;1H4. The van der Waals surface area contributed by atoms with Gasteiger partial charge in [0.2, 0.25) is 0 Å². The fraction of sp³-hybridized carbons (Fsp3) is 1.00. The third-order valence-electron chi connectivity index (χ3n) is 1.39. The Kier molecular flexibility index (Phi) is 85.4. The Labute approximate surface area is 108 Å². The molecule has 0 nitrogen and oxygen atoms in total. The smallest absolute Gasteiger partial charge is 0.0471 e. The van der Waals surface area contributed by atoms with Gasteiger partial charge in [0.15, 0.2) is 0 Å². The third-order valence-corrected chi connectivity index (χ3v) is 1.39. The summed E-state index contributed by atoms with van der Waals surface area (Å²) in [5.41, 5.74) is 0. The summed E-state index contributed by atoms with van der Waals surface area (Å²) in [6, 6.07) is 0. The summed E-state index contributed by atoms with van der Waals surface area (Å²) in [5.74, 6) is 0.904. The second-order valence-electron chi connectivity index (χ2n) is 3.60. The molecule has 0 radical (unpaired) electrons. The second kappa shape index (κ2) is 45.9. The SMILES string of the molecule is C.CC.CC.CCC.CCCCCC(C)C. The zero-order chi connectivity index (χ0) is 13.1. The molecular formula is C16H42. The van der Waals surface area contributed by atoms with Crippen molar-refractivity contribution >= 4 is 0 Å². The minimum Gasteiger partial charge on any atom is -0.0776 e. The van der Waals surface area contributed by atoms with E-state index in [1.165, 1.54) is 32.1 Å². The topological polar surface area (TPSA) is 0 Å². The van der Waals surface area contributed by atoms with Crippen LogP contribution in [0.4, 0.5) is 0 Å². The van der Waals surface area contributed by atoms with Gasteiger partial charge in [0.1, 0.15) is 0 Å². The van der Waals surface area contributed by atoms with Gasteiger partial charge in [-0.25, -0.2) is 0 Å². The first-order chi connectivity index (χ1) is 7.18.